The number of esters is 3. The molecule has 0 saturated heterocycles. The van der Waals surface area contributed by atoms with Gasteiger partial charge in [-0.2, -0.15) is 0 Å². The lowest BCUT2D eigenvalue weighted by Crippen LogP contribution is -2.30. The molecule has 6 heteroatoms. The van der Waals surface area contributed by atoms with Gasteiger partial charge in [0.15, 0.2) is 6.10 Å². The number of ether oxygens (including phenoxy) is 3. The fourth-order valence-corrected chi connectivity index (χ4v) is 7.70. The van der Waals surface area contributed by atoms with E-state index in [0.717, 1.165) is 70.6 Å². The molecule has 0 fully saturated rings. The molecule has 0 bridgehead atoms. The molecule has 0 spiro atoms. The fourth-order valence-electron chi connectivity index (χ4n) is 7.70. The fraction of sp³-hybridized carbons (Fsp3) is 0.807. The number of allylic oxidation sites excluding steroid dienone is 8. The molecule has 63 heavy (non-hydrogen) atoms. The van der Waals surface area contributed by atoms with E-state index in [0.29, 0.717) is 19.3 Å². The summed E-state index contributed by atoms with van der Waals surface area (Å²) in [5.41, 5.74) is 0. The molecule has 0 rings (SSSR count). The van der Waals surface area contributed by atoms with Gasteiger partial charge >= 0.3 is 17.9 Å². The third kappa shape index (κ3) is 50.2. The molecule has 0 saturated carbocycles. The van der Waals surface area contributed by atoms with Gasteiger partial charge in [0, 0.05) is 19.3 Å². The van der Waals surface area contributed by atoms with Gasteiger partial charge in [-0.25, -0.2) is 0 Å². The molecular weight excluding hydrogens is 781 g/mol. The summed E-state index contributed by atoms with van der Waals surface area (Å²) in [4.78, 5) is 37.9. The van der Waals surface area contributed by atoms with Crippen molar-refractivity contribution >= 4 is 17.9 Å². The van der Waals surface area contributed by atoms with Crippen LogP contribution >= 0.6 is 0 Å². The Morgan fingerprint density at radius 2 is 0.619 bits per heavy atom. The lowest BCUT2D eigenvalue weighted by Gasteiger charge is -2.18. The molecule has 0 N–H and O–H groups in total. The maximum absolute atomic E-state index is 12.8. The number of hydrogen-bond acceptors (Lipinski definition) is 6. The number of carbonyl (C=O) groups is 3. The van der Waals surface area contributed by atoms with Gasteiger partial charge < -0.3 is 14.2 Å². The van der Waals surface area contributed by atoms with Crippen LogP contribution in [-0.2, 0) is 28.6 Å². The standard InChI is InChI=1S/C57H102O6/c1-4-7-10-13-16-19-21-23-25-27-28-30-31-33-35-38-41-44-47-50-56(59)62-53-54(52-61-55(58)49-46-43-40-37-18-15-12-9-6-3)63-57(60)51-48-45-42-39-36-34-32-29-26-24-22-20-17-14-11-8-5-2/h9,12,18,24,26-28,37,54H,4-8,10-11,13-17,19-23,25,29-36,38-53H2,1-3H3/b12-9-,26-24-,28-27-,37-18-. The number of hydrogen-bond donors (Lipinski definition) is 0. The van der Waals surface area contributed by atoms with Crippen molar-refractivity contribution in [2.75, 3.05) is 13.2 Å². The van der Waals surface area contributed by atoms with E-state index < -0.39 is 6.10 Å². The molecule has 1 unspecified atom stereocenters. The average Bonchev–Trinajstić information content (AvgIpc) is 3.28. The summed E-state index contributed by atoms with van der Waals surface area (Å²) < 4.78 is 16.8. The minimum absolute atomic E-state index is 0.0864. The Balaban J connectivity index is 4.30. The quantitative estimate of drug-likeness (QED) is 0.0262. The number of unbranched alkanes of at least 4 members (excludes halogenated alkanes) is 30. The van der Waals surface area contributed by atoms with Crippen molar-refractivity contribution in [3.05, 3.63) is 48.6 Å². The third-order valence-corrected chi connectivity index (χ3v) is 11.8. The molecule has 0 aromatic heterocycles. The zero-order chi connectivity index (χ0) is 45.8. The molecule has 0 aliphatic rings. The van der Waals surface area contributed by atoms with Crippen molar-refractivity contribution in [2.45, 2.75) is 284 Å². The molecule has 0 aliphatic carbocycles. The largest absolute Gasteiger partial charge is 0.462 e. The van der Waals surface area contributed by atoms with Crippen molar-refractivity contribution in [1.82, 2.24) is 0 Å². The Kier molecular flexibility index (Phi) is 49.8. The molecular formula is C57H102O6. The maximum Gasteiger partial charge on any atom is 0.306 e. The molecule has 0 amide bonds. The van der Waals surface area contributed by atoms with E-state index >= 15 is 0 Å². The molecule has 1 atom stereocenters. The van der Waals surface area contributed by atoms with E-state index in [9.17, 15) is 14.4 Å². The first kappa shape index (κ1) is 60.4. The van der Waals surface area contributed by atoms with Gasteiger partial charge in [-0.1, -0.05) is 211 Å². The smallest absolute Gasteiger partial charge is 0.306 e. The summed E-state index contributed by atoms with van der Waals surface area (Å²) in [6, 6.07) is 0. The normalized spacial score (nSPS) is 12.4. The Morgan fingerprint density at radius 3 is 1.00 bits per heavy atom. The third-order valence-electron chi connectivity index (χ3n) is 11.8. The van der Waals surface area contributed by atoms with E-state index in [1.807, 2.05) is 0 Å². The molecule has 0 radical (unpaired) electrons. The summed E-state index contributed by atoms with van der Waals surface area (Å²) >= 11 is 0. The van der Waals surface area contributed by atoms with Gasteiger partial charge in [-0.3, -0.25) is 14.4 Å². The highest BCUT2D eigenvalue weighted by molar-refractivity contribution is 5.71. The summed E-state index contributed by atoms with van der Waals surface area (Å²) in [7, 11) is 0. The van der Waals surface area contributed by atoms with Gasteiger partial charge in [0.1, 0.15) is 13.2 Å². The Bertz CT molecular complexity index is 1110. The van der Waals surface area contributed by atoms with Crippen LogP contribution in [0.15, 0.2) is 48.6 Å². The van der Waals surface area contributed by atoms with Crippen LogP contribution in [0.5, 0.6) is 0 Å². The Hall–Kier alpha value is -2.63. The van der Waals surface area contributed by atoms with E-state index in [1.54, 1.807) is 0 Å². The Labute approximate surface area is 390 Å². The van der Waals surface area contributed by atoms with Crippen LogP contribution < -0.4 is 0 Å². The van der Waals surface area contributed by atoms with Crippen LogP contribution in [0.2, 0.25) is 0 Å². The van der Waals surface area contributed by atoms with Gasteiger partial charge in [0.2, 0.25) is 0 Å². The van der Waals surface area contributed by atoms with E-state index in [1.165, 1.54) is 167 Å². The van der Waals surface area contributed by atoms with Gasteiger partial charge in [-0.05, 0) is 96.3 Å². The zero-order valence-electron chi connectivity index (χ0n) is 41.8. The van der Waals surface area contributed by atoms with E-state index in [-0.39, 0.29) is 31.1 Å². The Morgan fingerprint density at radius 1 is 0.333 bits per heavy atom. The maximum atomic E-state index is 12.8. The van der Waals surface area contributed by atoms with Crippen molar-refractivity contribution in [2.24, 2.45) is 0 Å². The van der Waals surface area contributed by atoms with Crippen LogP contribution in [0, 0.1) is 0 Å². The molecule has 0 aliphatic heterocycles. The minimum atomic E-state index is -0.788. The van der Waals surface area contributed by atoms with E-state index in [4.69, 9.17) is 14.2 Å². The summed E-state index contributed by atoms with van der Waals surface area (Å²) in [6.45, 7) is 6.49. The van der Waals surface area contributed by atoms with Crippen molar-refractivity contribution in [3.8, 4) is 0 Å². The van der Waals surface area contributed by atoms with Crippen LogP contribution in [0.1, 0.15) is 278 Å². The second-order valence-corrected chi connectivity index (χ2v) is 18.1. The highest BCUT2D eigenvalue weighted by Gasteiger charge is 2.19. The monoisotopic (exact) mass is 883 g/mol. The van der Waals surface area contributed by atoms with Gasteiger partial charge in [0.05, 0.1) is 0 Å². The summed E-state index contributed by atoms with van der Waals surface area (Å²) in [5, 5.41) is 0. The van der Waals surface area contributed by atoms with Crippen molar-refractivity contribution in [3.63, 3.8) is 0 Å². The summed E-state index contributed by atoms with van der Waals surface area (Å²) in [5.74, 6) is -0.925. The lowest BCUT2D eigenvalue weighted by molar-refractivity contribution is -0.167. The van der Waals surface area contributed by atoms with Gasteiger partial charge in [0.25, 0.3) is 0 Å². The topological polar surface area (TPSA) is 78.9 Å². The molecule has 0 aromatic carbocycles. The number of carbonyl (C=O) groups excluding carboxylic acids is 3. The van der Waals surface area contributed by atoms with Crippen molar-refractivity contribution < 1.29 is 28.6 Å². The molecule has 6 nitrogen and oxygen atoms in total. The molecule has 0 heterocycles. The van der Waals surface area contributed by atoms with Crippen molar-refractivity contribution in [1.29, 1.82) is 0 Å². The second-order valence-electron chi connectivity index (χ2n) is 18.1. The minimum Gasteiger partial charge on any atom is -0.462 e. The molecule has 0 aromatic rings. The van der Waals surface area contributed by atoms with Crippen LogP contribution in [0.3, 0.4) is 0 Å². The SMILES string of the molecule is CC/C=C\C/C=C\CCCCC(=O)OCC(COC(=O)CCCCCCCCC/C=C\CCCCCCCCCC)OC(=O)CCCCCCCCC/C=C\CCCCCCCC. The predicted molar refractivity (Wildman–Crippen MR) is 270 cm³/mol. The predicted octanol–water partition coefficient (Wildman–Crippen LogP) is 17.9. The molecule has 366 valence electrons. The number of rotatable bonds is 49. The van der Waals surface area contributed by atoms with Gasteiger partial charge in [-0.15, -0.1) is 0 Å². The first-order valence-corrected chi connectivity index (χ1v) is 27.1. The van der Waals surface area contributed by atoms with E-state index in [2.05, 4.69) is 69.4 Å². The van der Waals surface area contributed by atoms with Crippen LogP contribution in [-0.4, -0.2) is 37.2 Å². The highest BCUT2D eigenvalue weighted by Crippen LogP contribution is 2.15. The second kappa shape index (κ2) is 52.0. The lowest BCUT2D eigenvalue weighted by atomic mass is 10.1. The average molecular weight is 883 g/mol. The van der Waals surface area contributed by atoms with Crippen LogP contribution in [0.4, 0.5) is 0 Å². The highest BCUT2D eigenvalue weighted by atomic mass is 16.6. The zero-order valence-corrected chi connectivity index (χ0v) is 41.8. The first-order chi connectivity index (χ1) is 31.0. The first-order valence-electron chi connectivity index (χ1n) is 27.1. The van der Waals surface area contributed by atoms with Crippen LogP contribution in [0.25, 0.3) is 0 Å². The summed E-state index contributed by atoms with van der Waals surface area (Å²) in [6.07, 6.45) is 62.6.